The van der Waals surface area contributed by atoms with E-state index in [4.69, 9.17) is 0 Å². The highest BCUT2D eigenvalue weighted by Crippen LogP contribution is 2.77. The van der Waals surface area contributed by atoms with Gasteiger partial charge in [-0.2, -0.15) is 0 Å². The monoisotopic (exact) mass is 569 g/mol. The van der Waals surface area contributed by atoms with Crippen molar-refractivity contribution < 1.29 is 8.42 Å². The number of fused-ring (bicyclic) bond motifs is 2. The van der Waals surface area contributed by atoms with Gasteiger partial charge in [-0.1, -0.05) is 84.9 Å². The van der Waals surface area contributed by atoms with Gasteiger partial charge in [0, 0.05) is 36.6 Å². The lowest BCUT2D eigenvalue weighted by Gasteiger charge is -2.46. The third-order valence-corrected chi connectivity index (χ3v) is 13.6. The normalized spacial score (nSPS) is 15.2. The molecule has 200 valence electrons. The summed E-state index contributed by atoms with van der Waals surface area (Å²) in [5, 5.41) is 0. The summed E-state index contributed by atoms with van der Waals surface area (Å²) in [7, 11) is -5.93. The fourth-order valence-electron chi connectivity index (χ4n) is 5.76. The molecule has 1 aliphatic heterocycles. The average molecular weight is 570 g/mol. The van der Waals surface area contributed by atoms with Crippen molar-refractivity contribution in [1.29, 1.82) is 0 Å². The molecule has 1 heterocycles. The Hall–Kier alpha value is -4.58. The van der Waals surface area contributed by atoms with Crippen LogP contribution >= 0.6 is 10.0 Å². The summed E-state index contributed by atoms with van der Waals surface area (Å²) >= 11 is 0. The molecule has 0 N–H and O–H groups in total. The Kier molecular flexibility index (Phi) is 6.26. The third-order valence-electron chi connectivity index (χ3n) is 7.50. The summed E-state index contributed by atoms with van der Waals surface area (Å²) in [6.07, 6.45) is 0. The van der Waals surface area contributed by atoms with Crippen LogP contribution in [0.3, 0.4) is 0 Å². The summed E-state index contributed by atoms with van der Waals surface area (Å²) < 4.78 is 29.0. The van der Waals surface area contributed by atoms with Crippen molar-refractivity contribution in [3.63, 3.8) is 0 Å². The quantitative estimate of drug-likeness (QED) is 0.207. The number of hydrogen-bond acceptors (Lipinski definition) is 3. The smallest absolute Gasteiger partial charge is 0.208 e. The van der Waals surface area contributed by atoms with Crippen molar-refractivity contribution in [1.82, 2.24) is 0 Å². The van der Waals surface area contributed by atoms with Crippen LogP contribution in [0.1, 0.15) is 0 Å². The Morgan fingerprint density at radius 1 is 0.366 bits per heavy atom. The highest BCUT2D eigenvalue weighted by Gasteiger charge is 2.45. The van der Waals surface area contributed by atoms with Crippen LogP contribution in [-0.4, -0.2) is 8.42 Å². The highest BCUT2D eigenvalue weighted by molar-refractivity contribution is 8.34. The molecule has 0 aliphatic carbocycles. The second kappa shape index (κ2) is 10.1. The van der Waals surface area contributed by atoms with E-state index >= 15 is 0 Å². The first-order valence-corrected chi connectivity index (χ1v) is 16.6. The van der Waals surface area contributed by atoms with Gasteiger partial charge in [-0.05, 0) is 78.9 Å². The van der Waals surface area contributed by atoms with Gasteiger partial charge >= 0.3 is 0 Å². The largest absolute Gasteiger partial charge is 0.310 e. The predicted molar refractivity (Wildman–Crippen MR) is 167 cm³/mol. The summed E-state index contributed by atoms with van der Waals surface area (Å²) in [5.74, 6) is 0. The van der Waals surface area contributed by atoms with Gasteiger partial charge in [0.25, 0.3) is 0 Å². The summed E-state index contributed by atoms with van der Waals surface area (Å²) in [5.41, 5.74) is 2.70. The Morgan fingerprint density at radius 2 is 0.780 bits per heavy atom. The highest BCUT2D eigenvalue weighted by atomic mass is 32.3. The van der Waals surface area contributed by atoms with E-state index < -0.39 is 19.9 Å². The first-order valence-electron chi connectivity index (χ1n) is 13.4. The lowest BCUT2D eigenvalue weighted by atomic mass is 10.2. The second-order valence-corrected chi connectivity index (χ2v) is 14.8. The molecule has 3 nitrogen and oxygen atoms in total. The van der Waals surface area contributed by atoms with Crippen molar-refractivity contribution in [3.05, 3.63) is 164 Å². The zero-order valence-electron chi connectivity index (χ0n) is 22.2. The molecule has 0 radical (unpaired) electrons. The predicted octanol–water partition coefficient (Wildman–Crippen LogP) is 9.64. The van der Waals surface area contributed by atoms with Crippen LogP contribution in [-0.2, 0) is 9.84 Å². The van der Waals surface area contributed by atoms with Gasteiger partial charge in [-0.25, -0.2) is 8.42 Å². The molecular formula is C36H27NO2S2. The topological polar surface area (TPSA) is 37.4 Å². The molecule has 0 bridgehead atoms. The van der Waals surface area contributed by atoms with E-state index in [1.54, 1.807) is 6.07 Å². The zero-order valence-corrected chi connectivity index (χ0v) is 23.8. The molecule has 0 unspecified atom stereocenters. The van der Waals surface area contributed by atoms with Crippen LogP contribution in [0.2, 0.25) is 0 Å². The minimum absolute atomic E-state index is 0.355. The van der Waals surface area contributed by atoms with Crippen molar-refractivity contribution >= 4 is 36.9 Å². The first-order chi connectivity index (χ1) is 20.1. The van der Waals surface area contributed by atoms with Crippen LogP contribution < -0.4 is 4.90 Å². The van der Waals surface area contributed by atoms with Gasteiger partial charge in [-0.3, -0.25) is 0 Å². The van der Waals surface area contributed by atoms with Crippen molar-refractivity contribution in [3.8, 4) is 0 Å². The minimum Gasteiger partial charge on any atom is -0.310 e. The molecule has 41 heavy (non-hydrogen) atoms. The van der Waals surface area contributed by atoms with Gasteiger partial charge < -0.3 is 4.90 Å². The zero-order chi connectivity index (χ0) is 27.9. The summed E-state index contributed by atoms with van der Waals surface area (Å²) in [6, 6.07) is 54.4. The molecule has 0 saturated carbocycles. The van der Waals surface area contributed by atoms with E-state index in [1.165, 1.54) is 0 Å². The van der Waals surface area contributed by atoms with E-state index in [2.05, 4.69) is 35.2 Å². The van der Waals surface area contributed by atoms with E-state index in [9.17, 15) is 8.42 Å². The number of para-hydroxylation sites is 2. The van der Waals surface area contributed by atoms with Gasteiger partial charge in [-0.15, -0.1) is 10.0 Å². The number of sulfone groups is 1. The van der Waals surface area contributed by atoms with E-state index in [0.29, 0.717) is 9.79 Å². The molecule has 0 fully saturated rings. The molecule has 1 aliphatic rings. The maximum Gasteiger partial charge on any atom is 0.208 e. The SMILES string of the molecule is O=S1(=O)c2ccccc2S(c2ccccc2)(c2ccccc2)c2ccc(N(c3ccccc3)c3ccccc3)cc21. The van der Waals surface area contributed by atoms with E-state index in [-0.39, 0.29) is 0 Å². The molecule has 0 atom stereocenters. The molecule has 0 aromatic heterocycles. The Morgan fingerprint density at radius 3 is 1.29 bits per heavy atom. The van der Waals surface area contributed by atoms with Crippen LogP contribution in [0, 0.1) is 0 Å². The number of benzene rings is 6. The summed E-state index contributed by atoms with van der Waals surface area (Å²) in [6.45, 7) is 0. The van der Waals surface area contributed by atoms with Gasteiger partial charge in [0.15, 0.2) is 0 Å². The second-order valence-electron chi connectivity index (χ2n) is 9.83. The van der Waals surface area contributed by atoms with Crippen LogP contribution in [0.15, 0.2) is 193 Å². The number of nitrogens with zero attached hydrogens (tertiary/aromatic N) is 1. The maximum absolute atomic E-state index is 14.5. The minimum atomic E-state index is -3.81. The lowest BCUT2D eigenvalue weighted by Crippen LogP contribution is -2.20. The molecule has 0 saturated heterocycles. The Bertz CT molecular complexity index is 1860. The van der Waals surface area contributed by atoms with Crippen molar-refractivity contribution in [2.75, 3.05) is 4.90 Å². The number of hydrogen-bond donors (Lipinski definition) is 0. The molecule has 6 aromatic carbocycles. The lowest BCUT2D eigenvalue weighted by molar-refractivity contribution is 0.590. The van der Waals surface area contributed by atoms with Crippen LogP contribution in [0.25, 0.3) is 0 Å². The van der Waals surface area contributed by atoms with Crippen molar-refractivity contribution in [2.45, 2.75) is 29.4 Å². The van der Waals surface area contributed by atoms with Gasteiger partial charge in [0.05, 0.1) is 9.79 Å². The number of anilines is 3. The standard InChI is InChI=1S/C36H27NO2S2/c38-41(39)35-24-14-13-23-33(35)40(31-19-9-3-10-20-31,32-21-11-4-12-22-32)34-26-25-30(27-36(34)41)37(28-15-5-1-6-16-28)29-17-7-2-8-18-29/h1-27H. The molecule has 5 heteroatoms. The Labute approximate surface area is 242 Å². The molecule has 6 aromatic rings. The molecule has 7 rings (SSSR count). The van der Waals surface area contributed by atoms with Gasteiger partial charge in [0.2, 0.25) is 9.84 Å². The first kappa shape index (κ1) is 25.4. The van der Waals surface area contributed by atoms with Gasteiger partial charge in [0.1, 0.15) is 0 Å². The molecule has 0 spiro atoms. The Balaban J connectivity index is 1.58. The van der Waals surface area contributed by atoms with Crippen LogP contribution in [0.5, 0.6) is 0 Å². The maximum atomic E-state index is 14.5. The third kappa shape index (κ3) is 4.00. The molecule has 0 amide bonds. The molecular weight excluding hydrogens is 543 g/mol. The fraction of sp³-hybridized carbons (Fsp3) is 0. The summed E-state index contributed by atoms with van der Waals surface area (Å²) in [4.78, 5) is 6.72. The van der Waals surface area contributed by atoms with E-state index in [0.717, 1.165) is 36.6 Å². The van der Waals surface area contributed by atoms with E-state index in [1.807, 2.05) is 127 Å². The number of rotatable bonds is 5. The van der Waals surface area contributed by atoms with Crippen LogP contribution in [0.4, 0.5) is 17.1 Å². The average Bonchev–Trinajstić information content (AvgIpc) is 3.04. The van der Waals surface area contributed by atoms with Crippen molar-refractivity contribution in [2.24, 2.45) is 0 Å². The fourth-order valence-corrected chi connectivity index (χ4v) is 12.5.